The van der Waals surface area contributed by atoms with Crippen LogP contribution in [-0.4, -0.2) is 97.4 Å². The van der Waals surface area contributed by atoms with Gasteiger partial charge in [-0.2, -0.15) is 0 Å². The monoisotopic (exact) mass is 996 g/mol. The van der Waals surface area contributed by atoms with Crippen LogP contribution in [0.4, 0.5) is 0 Å². The first-order valence-corrected chi connectivity index (χ1v) is 25.3. The lowest BCUT2D eigenvalue weighted by atomic mass is 9.96. The van der Waals surface area contributed by atoms with Crippen LogP contribution in [0, 0.1) is 0 Å². The molecule has 386 valence electrons. The van der Waals surface area contributed by atoms with Crippen molar-refractivity contribution in [2.75, 3.05) is 19.8 Å². The molecule has 2 heterocycles. The van der Waals surface area contributed by atoms with Gasteiger partial charge in [0, 0.05) is 13.0 Å². The summed E-state index contributed by atoms with van der Waals surface area (Å²) in [7, 11) is 0. The van der Waals surface area contributed by atoms with Gasteiger partial charge in [-0.1, -0.05) is 188 Å². The van der Waals surface area contributed by atoms with E-state index in [1.54, 1.807) is 0 Å². The number of aliphatic hydroxyl groups is 1. The zero-order valence-electron chi connectivity index (χ0n) is 41.2. The zero-order valence-corrected chi connectivity index (χ0v) is 41.2. The molecule has 10 atom stereocenters. The van der Waals surface area contributed by atoms with Crippen LogP contribution in [0.25, 0.3) is 0 Å². The molecule has 13 nitrogen and oxygen atoms in total. The molecule has 2 aliphatic rings. The van der Waals surface area contributed by atoms with Crippen molar-refractivity contribution in [1.29, 1.82) is 0 Å². The topological polar surface area (TPSA) is 150 Å². The number of carboxylic acids is 1. The fraction of sp³-hybridized carbons (Fsp3) is 0.383. The highest BCUT2D eigenvalue weighted by Crippen LogP contribution is 2.36. The van der Waals surface area contributed by atoms with Crippen molar-refractivity contribution in [2.45, 2.75) is 127 Å². The van der Waals surface area contributed by atoms with Gasteiger partial charge in [0.25, 0.3) is 0 Å². The Kier molecular flexibility index (Phi) is 21.5. The highest BCUT2D eigenvalue weighted by molar-refractivity contribution is 5.66. The van der Waals surface area contributed by atoms with E-state index in [0.717, 1.165) is 33.4 Å². The highest BCUT2D eigenvalue weighted by atomic mass is 16.8. The van der Waals surface area contributed by atoms with Gasteiger partial charge in [-0.3, -0.25) is 4.79 Å². The Balaban J connectivity index is 1.13. The van der Waals surface area contributed by atoms with Crippen LogP contribution >= 0.6 is 0 Å². The number of ether oxygens (including phenoxy) is 10. The Bertz CT molecular complexity index is 2420. The Labute approximate surface area is 428 Å². The van der Waals surface area contributed by atoms with Crippen molar-refractivity contribution < 1.29 is 62.4 Å². The summed E-state index contributed by atoms with van der Waals surface area (Å²) in [6, 6.07) is 59.0. The minimum Gasteiger partial charge on any atom is -0.481 e. The van der Waals surface area contributed by atoms with Crippen LogP contribution in [0.1, 0.15) is 59.1 Å². The molecule has 2 saturated heterocycles. The molecular weight excluding hydrogens is 929 g/mol. The number of rotatable bonds is 29. The first-order chi connectivity index (χ1) is 36.0. The standard InChI is InChI=1S/C60H68O13/c61-52(62)34-20-7-21-35-66-60-58(57(70-41-49-32-18-6-19-33-49)55(68-39-47-28-14-4-15-29-47)51(72-60)43-65-37-45-24-10-2-11-25-45)73-59-53(63)56(69-40-48-30-16-5-17-31-48)54(67-38-46-26-12-3-13-27-46)50(71-59)42-64-36-44-22-8-1-9-23-44/h1-6,8-19,22-33,50-51,53-60,63H,7,20-21,34-43H2,(H,61,62)/t50-,51-,53+,54-,55-,56-,57+,58+,59+,60+/m1/s1. The average molecular weight is 997 g/mol. The zero-order chi connectivity index (χ0) is 50.3. The van der Waals surface area contributed by atoms with Gasteiger partial charge in [0.1, 0.15) is 48.8 Å². The van der Waals surface area contributed by atoms with E-state index in [0.29, 0.717) is 32.5 Å². The minimum atomic E-state index is -1.41. The summed E-state index contributed by atoms with van der Waals surface area (Å²) >= 11 is 0. The van der Waals surface area contributed by atoms with E-state index in [-0.39, 0.29) is 52.7 Å². The van der Waals surface area contributed by atoms with E-state index in [2.05, 4.69) is 0 Å². The molecule has 73 heavy (non-hydrogen) atoms. The van der Waals surface area contributed by atoms with E-state index in [1.165, 1.54) is 0 Å². The lowest BCUT2D eigenvalue weighted by molar-refractivity contribution is -0.379. The largest absolute Gasteiger partial charge is 0.481 e. The second kappa shape index (κ2) is 29.3. The molecule has 2 aliphatic heterocycles. The molecule has 0 spiro atoms. The van der Waals surface area contributed by atoms with Crippen molar-refractivity contribution in [3.05, 3.63) is 215 Å². The number of aliphatic carboxylic acids is 1. The van der Waals surface area contributed by atoms with Crippen LogP contribution in [0.2, 0.25) is 0 Å². The van der Waals surface area contributed by atoms with Gasteiger partial charge < -0.3 is 57.6 Å². The van der Waals surface area contributed by atoms with E-state index >= 15 is 0 Å². The summed E-state index contributed by atoms with van der Waals surface area (Å²) in [5.74, 6) is -0.850. The third-order valence-electron chi connectivity index (χ3n) is 12.7. The molecule has 0 radical (unpaired) electrons. The SMILES string of the molecule is O=C(O)CCCCCO[C@H]1O[C@H](COCc2ccccc2)[C@@H](OCc2ccccc2)[C@H](OCc2ccccc2)[C@@H]1O[C@@H]1O[C@H](COCc2ccccc2)[C@@H](OCc2ccccc2)[C@H](OCc2ccccc2)[C@@H]1O. The van der Waals surface area contributed by atoms with Crippen molar-refractivity contribution in [2.24, 2.45) is 0 Å². The molecule has 0 aromatic heterocycles. The molecule has 6 aromatic carbocycles. The van der Waals surface area contributed by atoms with E-state index in [9.17, 15) is 15.0 Å². The van der Waals surface area contributed by atoms with Gasteiger partial charge in [-0.15, -0.1) is 0 Å². The molecule has 0 aliphatic carbocycles. The van der Waals surface area contributed by atoms with Crippen molar-refractivity contribution in [3.8, 4) is 0 Å². The Morgan fingerprint density at radius 1 is 0.397 bits per heavy atom. The molecule has 0 unspecified atom stereocenters. The molecular formula is C60H68O13. The van der Waals surface area contributed by atoms with Crippen molar-refractivity contribution in [1.82, 2.24) is 0 Å². The Morgan fingerprint density at radius 2 is 0.753 bits per heavy atom. The second-order valence-corrected chi connectivity index (χ2v) is 18.3. The fourth-order valence-electron chi connectivity index (χ4n) is 8.93. The van der Waals surface area contributed by atoms with Gasteiger partial charge in [-0.05, 0) is 46.2 Å². The lowest BCUT2D eigenvalue weighted by Gasteiger charge is -2.49. The van der Waals surface area contributed by atoms with E-state index in [4.69, 9.17) is 47.4 Å². The lowest BCUT2D eigenvalue weighted by Crippen LogP contribution is -2.66. The number of carbonyl (C=O) groups is 1. The van der Waals surface area contributed by atoms with E-state index < -0.39 is 67.4 Å². The number of carboxylic acid groups (broad SMARTS) is 1. The van der Waals surface area contributed by atoms with E-state index in [1.807, 2.05) is 182 Å². The molecule has 2 fully saturated rings. The molecule has 6 aromatic rings. The molecule has 13 heteroatoms. The summed E-state index contributed by atoms with van der Waals surface area (Å²) in [5, 5.41) is 22.0. The van der Waals surface area contributed by atoms with Crippen LogP contribution in [-0.2, 0) is 91.8 Å². The maximum atomic E-state index is 12.7. The maximum absolute atomic E-state index is 12.7. The third kappa shape index (κ3) is 16.9. The number of unbranched alkanes of at least 4 members (excludes halogenated alkanes) is 2. The van der Waals surface area contributed by atoms with Gasteiger partial charge in [0.2, 0.25) is 0 Å². The summed E-state index contributed by atoms with van der Waals surface area (Å²) in [5.41, 5.74) is 5.67. The van der Waals surface area contributed by atoms with Crippen LogP contribution in [0.15, 0.2) is 182 Å². The normalized spacial score (nSPS) is 24.0. The molecule has 8 rings (SSSR count). The number of hydrogen-bond donors (Lipinski definition) is 2. The molecule has 2 N–H and O–H groups in total. The van der Waals surface area contributed by atoms with Crippen LogP contribution in [0.3, 0.4) is 0 Å². The summed E-state index contributed by atoms with van der Waals surface area (Å²) < 4.78 is 67.7. The third-order valence-corrected chi connectivity index (χ3v) is 12.7. The first-order valence-electron chi connectivity index (χ1n) is 25.3. The van der Waals surface area contributed by atoms with Crippen molar-refractivity contribution >= 4 is 5.97 Å². The Hall–Kier alpha value is -5.65. The quantitative estimate of drug-likeness (QED) is 0.0430. The van der Waals surface area contributed by atoms with Gasteiger partial charge in [-0.25, -0.2) is 0 Å². The van der Waals surface area contributed by atoms with Crippen molar-refractivity contribution in [3.63, 3.8) is 0 Å². The van der Waals surface area contributed by atoms with Crippen LogP contribution in [0.5, 0.6) is 0 Å². The smallest absolute Gasteiger partial charge is 0.303 e. The number of benzene rings is 6. The average Bonchev–Trinajstić information content (AvgIpc) is 3.43. The van der Waals surface area contributed by atoms with Crippen LogP contribution < -0.4 is 0 Å². The number of aliphatic hydroxyl groups excluding tert-OH is 1. The van der Waals surface area contributed by atoms with Gasteiger partial charge in [0.15, 0.2) is 12.6 Å². The predicted octanol–water partition coefficient (Wildman–Crippen LogP) is 9.62. The molecule has 0 saturated carbocycles. The van der Waals surface area contributed by atoms with Gasteiger partial charge >= 0.3 is 5.97 Å². The fourth-order valence-corrected chi connectivity index (χ4v) is 8.93. The summed E-state index contributed by atoms with van der Waals surface area (Å²) in [6.45, 7) is 1.81. The first kappa shape index (κ1) is 53.6. The Morgan fingerprint density at radius 3 is 1.16 bits per heavy atom. The second-order valence-electron chi connectivity index (χ2n) is 18.3. The minimum absolute atomic E-state index is 0.0546. The highest BCUT2D eigenvalue weighted by Gasteiger charge is 2.54. The summed E-state index contributed by atoms with van der Waals surface area (Å²) in [4.78, 5) is 11.4. The van der Waals surface area contributed by atoms with Gasteiger partial charge in [0.05, 0.1) is 52.9 Å². The molecule has 0 amide bonds. The maximum Gasteiger partial charge on any atom is 0.303 e. The summed E-state index contributed by atoms with van der Waals surface area (Å²) in [6.07, 6.45) is -8.19. The predicted molar refractivity (Wildman–Crippen MR) is 273 cm³/mol. The molecule has 0 bridgehead atoms. The number of hydrogen-bond acceptors (Lipinski definition) is 12.